The van der Waals surface area contributed by atoms with Crippen molar-refractivity contribution in [1.29, 1.82) is 0 Å². The van der Waals surface area contributed by atoms with Gasteiger partial charge in [-0.05, 0) is 6.42 Å². The number of carbonyl (C=O) groups excluding carboxylic acids is 1. The van der Waals surface area contributed by atoms with Gasteiger partial charge in [0.2, 0.25) is 5.91 Å². The van der Waals surface area contributed by atoms with Gasteiger partial charge in [0.05, 0.1) is 6.42 Å². The maximum Gasteiger partial charge on any atom is 0.222 e. The number of piperidine rings is 1. The van der Waals surface area contributed by atoms with Gasteiger partial charge in [0.15, 0.2) is 0 Å². The van der Waals surface area contributed by atoms with Gasteiger partial charge in [0.25, 0.3) is 0 Å². The number of amides is 1. The monoisotopic (exact) mass is 117 g/mol. The lowest BCUT2D eigenvalue weighted by Crippen LogP contribution is -2.34. The zero-order valence-electron chi connectivity index (χ0n) is 4.48. The molecule has 0 bridgehead atoms. The van der Waals surface area contributed by atoms with Gasteiger partial charge in [0.1, 0.15) is 6.17 Å². The van der Waals surface area contributed by atoms with Crippen LogP contribution < -0.4 is 5.32 Å². The third kappa shape index (κ3) is 1.18. The number of alkyl halides is 1. The molecule has 8 heavy (non-hydrogen) atoms. The Morgan fingerprint density at radius 3 is 2.88 bits per heavy atom. The van der Waals surface area contributed by atoms with Gasteiger partial charge in [-0.25, -0.2) is 4.39 Å². The first-order chi connectivity index (χ1) is 3.79. The molecule has 46 valence electrons. The molecular weight excluding hydrogens is 109 g/mol. The highest BCUT2D eigenvalue weighted by Crippen LogP contribution is 2.05. The molecule has 2 nitrogen and oxygen atoms in total. The second-order valence-electron chi connectivity index (χ2n) is 1.94. The van der Waals surface area contributed by atoms with Crippen molar-refractivity contribution in [2.24, 2.45) is 0 Å². The van der Waals surface area contributed by atoms with E-state index >= 15 is 0 Å². The first-order valence-electron chi connectivity index (χ1n) is 2.70. The largest absolute Gasteiger partial charge is 0.356 e. The van der Waals surface area contributed by atoms with Crippen LogP contribution in [0.3, 0.4) is 0 Å². The molecule has 0 aromatic rings. The second-order valence-corrected chi connectivity index (χ2v) is 1.94. The summed E-state index contributed by atoms with van der Waals surface area (Å²) in [5, 5.41) is 2.53. The molecule has 1 fully saturated rings. The summed E-state index contributed by atoms with van der Waals surface area (Å²) < 4.78 is 12.2. The van der Waals surface area contributed by atoms with Crippen molar-refractivity contribution in [3.63, 3.8) is 0 Å². The summed E-state index contributed by atoms with van der Waals surface area (Å²) in [4.78, 5) is 10.3. The third-order valence-corrected chi connectivity index (χ3v) is 1.19. The summed E-state index contributed by atoms with van der Waals surface area (Å²) in [6.45, 7) is 0.500. The SMILES string of the molecule is O=C1C[C@H](F)CCN1. The van der Waals surface area contributed by atoms with E-state index < -0.39 is 6.17 Å². The van der Waals surface area contributed by atoms with Crippen molar-refractivity contribution in [3.05, 3.63) is 0 Å². The van der Waals surface area contributed by atoms with Gasteiger partial charge >= 0.3 is 0 Å². The minimum atomic E-state index is -0.899. The maximum atomic E-state index is 12.2. The highest BCUT2D eigenvalue weighted by molar-refractivity contribution is 5.77. The molecule has 0 aromatic carbocycles. The fraction of sp³-hybridized carbons (Fsp3) is 0.800. The molecule has 1 atom stereocenters. The van der Waals surface area contributed by atoms with E-state index in [-0.39, 0.29) is 12.3 Å². The van der Waals surface area contributed by atoms with Gasteiger partial charge in [-0.1, -0.05) is 0 Å². The van der Waals surface area contributed by atoms with Crippen LogP contribution in [-0.2, 0) is 4.79 Å². The standard InChI is InChI=1S/C5H8FNO/c6-4-1-2-7-5(8)3-4/h4H,1-3H2,(H,7,8)/t4-/m1/s1. The Balaban J connectivity index is 2.34. The van der Waals surface area contributed by atoms with Crippen molar-refractivity contribution in [2.75, 3.05) is 6.54 Å². The van der Waals surface area contributed by atoms with Gasteiger partial charge in [0, 0.05) is 6.54 Å². The first-order valence-corrected chi connectivity index (χ1v) is 2.70. The molecule has 1 heterocycles. The van der Waals surface area contributed by atoms with E-state index in [9.17, 15) is 9.18 Å². The van der Waals surface area contributed by atoms with Crippen LogP contribution in [0.15, 0.2) is 0 Å². The molecule has 1 rings (SSSR count). The van der Waals surface area contributed by atoms with E-state index in [1.54, 1.807) is 0 Å². The van der Waals surface area contributed by atoms with Gasteiger partial charge < -0.3 is 5.32 Å². The molecule has 0 aromatic heterocycles. The highest BCUT2D eigenvalue weighted by Gasteiger charge is 2.16. The van der Waals surface area contributed by atoms with Crippen molar-refractivity contribution in [1.82, 2.24) is 5.32 Å². The van der Waals surface area contributed by atoms with E-state index in [0.717, 1.165) is 0 Å². The van der Waals surface area contributed by atoms with E-state index in [0.29, 0.717) is 13.0 Å². The second kappa shape index (κ2) is 2.11. The number of carbonyl (C=O) groups is 1. The van der Waals surface area contributed by atoms with Crippen LogP contribution in [0.5, 0.6) is 0 Å². The Morgan fingerprint density at radius 1 is 1.75 bits per heavy atom. The van der Waals surface area contributed by atoms with Crippen molar-refractivity contribution in [2.45, 2.75) is 19.0 Å². The molecule has 0 saturated carbocycles. The van der Waals surface area contributed by atoms with Gasteiger partial charge in [-0.2, -0.15) is 0 Å². The molecule has 1 N–H and O–H groups in total. The van der Waals surface area contributed by atoms with Crippen molar-refractivity contribution >= 4 is 5.91 Å². The summed E-state index contributed by atoms with van der Waals surface area (Å²) >= 11 is 0. The lowest BCUT2D eigenvalue weighted by molar-refractivity contribution is -0.123. The molecule has 0 radical (unpaired) electrons. The quantitative estimate of drug-likeness (QED) is 0.483. The molecule has 0 unspecified atom stereocenters. The highest BCUT2D eigenvalue weighted by atomic mass is 19.1. The molecule has 0 aliphatic carbocycles. The Bertz CT molecular complexity index is 105. The molecule has 1 saturated heterocycles. The predicted molar refractivity (Wildman–Crippen MR) is 27.1 cm³/mol. The first kappa shape index (κ1) is 5.54. The van der Waals surface area contributed by atoms with Crippen molar-refractivity contribution < 1.29 is 9.18 Å². The number of nitrogens with one attached hydrogen (secondary N) is 1. The number of rotatable bonds is 0. The normalized spacial score (nSPS) is 29.6. The Kier molecular flexibility index (Phi) is 1.46. The van der Waals surface area contributed by atoms with Crippen LogP contribution >= 0.6 is 0 Å². The van der Waals surface area contributed by atoms with E-state index in [1.165, 1.54) is 0 Å². The summed E-state index contributed by atoms with van der Waals surface area (Å²) in [7, 11) is 0. The number of hydrogen-bond donors (Lipinski definition) is 1. The molecule has 0 spiro atoms. The summed E-state index contributed by atoms with van der Waals surface area (Å²) in [5.41, 5.74) is 0. The van der Waals surface area contributed by atoms with Crippen LogP contribution in [0.2, 0.25) is 0 Å². The van der Waals surface area contributed by atoms with Gasteiger partial charge in [-0.15, -0.1) is 0 Å². The Hall–Kier alpha value is -0.600. The van der Waals surface area contributed by atoms with E-state index in [1.807, 2.05) is 0 Å². The Labute approximate surface area is 47.1 Å². The summed E-state index contributed by atoms with van der Waals surface area (Å²) in [5.74, 6) is -0.163. The maximum absolute atomic E-state index is 12.2. The average Bonchev–Trinajstić information content (AvgIpc) is 1.64. The molecule has 1 aliphatic heterocycles. The van der Waals surface area contributed by atoms with Crippen LogP contribution in [0.1, 0.15) is 12.8 Å². The zero-order valence-corrected chi connectivity index (χ0v) is 4.48. The lowest BCUT2D eigenvalue weighted by Gasteiger charge is -2.14. The molecule has 1 amide bonds. The average molecular weight is 117 g/mol. The van der Waals surface area contributed by atoms with E-state index in [2.05, 4.69) is 5.32 Å². The van der Waals surface area contributed by atoms with E-state index in [4.69, 9.17) is 0 Å². The van der Waals surface area contributed by atoms with Crippen LogP contribution in [-0.4, -0.2) is 18.6 Å². The minimum Gasteiger partial charge on any atom is -0.356 e. The van der Waals surface area contributed by atoms with Crippen LogP contribution in [0, 0.1) is 0 Å². The topological polar surface area (TPSA) is 29.1 Å². The van der Waals surface area contributed by atoms with Gasteiger partial charge in [-0.3, -0.25) is 4.79 Å². The van der Waals surface area contributed by atoms with Crippen molar-refractivity contribution in [3.8, 4) is 0 Å². The van der Waals surface area contributed by atoms with Crippen LogP contribution in [0.4, 0.5) is 4.39 Å². The number of hydrogen-bond acceptors (Lipinski definition) is 1. The fourth-order valence-corrected chi connectivity index (χ4v) is 0.744. The Morgan fingerprint density at radius 2 is 2.50 bits per heavy atom. The zero-order chi connectivity index (χ0) is 5.98. The fourth-order valence-electron chi connectivity index (χ4n) is 0.744. The minimum absolute atomic E-state index is 0.0556. The molecule has 3 heteroatoms. The lowest BCUT2D eigenvalue weighted by atomic mass is 10.1. The summed E-state index contributed by atoms with van der Waals surface area (Å²) in [6.07, 6.45) is -0.366. The summed E-state index contributed by atoms with van der Waals surface area (Å²) in [6, 6.07) is 0. The third-order valence-electron chi connectivity index (χ3n) is 1.19. The smallest absolute Gasteiger partial charge is 0.222 e. The molecular formula is C5H8FNO. The molecule has 1 aliphatic rings. The number of halogens is 1. The predicted octanol–water partition coefficient (Wildman–Crippen LogP) is 0.234. The van der Waals surface area contributed by atoms with Crippen LogP contribution in [0.25, 0.3) is 0 Å².